The van der Waals surface area contributed by atoms with Gasteiger partial charge in [0.1, 0.15) is 5.75 Å². The van der Waals surface area contributed by atoms with E-state index in [0.29, 0.717) is 17.9 Å². The summed E-state index contributed by atoms with van der Waals surface area (Å²) in [7, 11) is 0. The summed E-state index contributed by atoms with van der Waals surface area (Å²) in [6.45, 7) is 5.98. The molecule has 2 aliphatic rings. The number of nitrogens with zero attached hydrogens (tertiary/aromatic N) is 3. The van der Waals surface area contributed by atoms with Crippen LogP contribution in [0.2, 0.25) is 0 Å². The zero-order valence-electron chi connectivity index (χ0n) is 21.8. The van der Waals surface area contributed by atoms with Gasteiger partial charge in [-0.15, -0.1) is 11.3 Å². The molecule has 0 N–H and O–H groups in total. The number of piperazine rings is 1. The van der Waals surface area contributed by atoms with E-state index in [9.17, 15) is 9.59 Å². The summed E-state index contributed by atoms with van der Waals surface area (Å²) in [4.78, 5) is 30.8. The van der Waals surface area contributed by atoms with Gasteiger partial charge in [0.15, 0.2) is 0 Å². The summed E-state index contributed by atoms with van der Waals surface area (Å²) >= 11 is 1.81. The van der Waals surface area contributed by atoms with Crippen molar-refractivity contribution in [2.75, 3.05) is 44.2 Å². The predicted molar refractivity (Wildman–Crippen MR) is 156 cm³/mol. The van der Waals surface area contributed by atoms with E-state index in [0.717, 1.165) is 76.6 Å². The number of rotatable bonds is 8. The maximum Gasteiger partial charge on any atom is 0.257 e. The molecule has 198 valence electrons. The highest BCUT2D eigenvalue weighted by Gasteiger charge is 2.26. The predicted octanol–water partition coefficient (Wildman–Crippen LogP) is 6.03. The van der Waals surface area contributed by atoms with Crippen LogP contribution in [0.25, 0.3) is 21.0 Å². The van der Waals surface area contributed by atoms with Crippen LogP contribution in [0.3, 0.4) is 0 Å². The number of anilines is 1. The van der Waals surface area contributed by atoms with Crippen LogP contribution in [0.4, 0.5) is 5.69 Å². The zero-order chi connectivity index (χ0) is 25.9. The first-order valence-corrected chi connectivity index (χ1v) is 14.8. The van der Waals surface area contributed by atoms with Gasteiger partial charge in [-0.3, -0.25) is 14.5 Å². The SMILES string of the molecule is O=C(C1CCCC1)n1c(=O)ccc2ccc(OCCCCN3CCN(c4cccc5sccc45)CC3)cc21. The molecule has 6 rings (SSSR count). The number of benzene rings is 2. The lowest BCUT2D eigenvalue weighted by Gasteiger charge is -2.36. The third-order valence-electron chi connectivity index (χ3n) is 8.12. The summed E-state index contributed by atoms with van der Waals surface area (Å²) in [5, 5.41) is 4.44. The largest absolute Gasteiger partial charge is 0.494 e. The van der Waals surface area contributed by atoms with Crippen LogP contribution in [0.5, 0.6) is 5.75 Å². The molecule has 2 fully saturated rings. The highest BCUT2D eigenvalue weighted by Crippen LogP contribution is 2.31. The van der Waals surface area contributed by atoms with Gasteiger partial charge in [0.05, 0.1) is 12.1 Å². The lowest BCUT2D eigenvalue weighted by atomic mass is 10.1. The second-order valence-electron chi connectivity index (χ2n) is 10.5. The molecular formula is C31H35N3O3S. The van der Waals surface area contributed by atoms with Gasteiger partial charge in [-0.05, 0) is 79.4 Å². The van der Waals surface area contributed by atoms with Gasteiger partial charge < -0.3 is 9.64 Å². The van der Waals surface area contributed by atoms with Gasteiger partial charge in [0.25, 0.3) is 5.56 Å². The molecule has 0 bridgehead atoms. The lowest BCUT2D eigenvalue weighted by Crippen LogP contribution is -2.46. The molecule has 7 heteroatoms. The van der Waals surface area contributed by atoms with Crippen LogP contribution in [0.15, 0.2) is 64.8 Å². The Balaban J connectivity index is 0.997. The number of aromatic nitrogens is 1. The van der Waals surface area contributed by atoms with E-state index in [1.54, 1.807) is 6.07 Å². The van der Waals surface area contributed by atoms with Crippen molar-refractivity contribution >= 4 is 43.9 Å². The molecule has 6 nitrogen and oxygen atoms in total. The zero-order valence-corrected chi connectivity index (χ0v) is 22.6. The summed E-state index contributed by atoms with van der Waals surface area (Å²) in [5.74, 6) is 0.601. The second-order valence-corrected chi connectivity index (χ2v) is 11.5. The minimum atomic E-state index is -0.251. The van der Waals surface area contributed by atoms with Crippen molar-refractivity contribution in [2.45, 2.75) is 38.5 Å². The molecule has 38 heavy (non-hydrogen) atoms. The minimum absolute atomic E-state index is 0.0471. The average molecular weight is 530 g/mol. The first-order chi connectivity index (χ1) is 18.7. The Kier molecular flexibility index (Phi) is 7.47. The van der Waals surface area contributed by atoms with E-state index in [2.05, 4.69) is 39.4 Å². The van der Waals surface area contributed by atoms with Gasteiger partial charge in [-0.25, -0.2) is 4.57 Å². The van der Waals surface area contributed by atoms with Crippen molar-refractivity contribution in [1.29, 1.82) is 0 Å². The first kappa shape index (κ1) is 25.1. The highest BCUT2D eigenvalue weighted by molar-refractivity contribution is 7.17. The molecule has 0 amide bonds. The van der Waals surface area contributed by atoms with E-state index in [1.165, 1.54) is 26.4 Å². The Labute approximate surface area is 227 Å². The monoisotopic (exact) mass is 529 g/mol. The molecule has 0 unspecified atom stereocenters. The number of thiophene rings is 1. The number of hydrogen-bond donors (Lipinski definition) is 0. The van der Waals surface area contributed by atoms with E-state index >= 15 is 0 Å². The van der Waals surface area contributed by atoms with E-state index in [4.69, 9.17) is 4.74 Å². The Hall–Kier alpha value is -3.16. The first-order valence-electron chi connectivity index (χ1n) is 13.9. The molecule has 0 spiro atoms. The van der Waals surface area contributed by atoms with Gasteiger partial charge in [0.2, 0.25) is 5.91 Å². The fourth-order valence-corrected chi connectivity index (χ4v) is 6.79. The van der Waals surface area contributed by atoms with Crippen LogP contribution in [-0.4, -0.2) is 54.7 Å². The lowest BCUT2D eigenvalue weighted by molar-refractivity contribution is 0.0838. The number of carbonyl (C=O) groups excluding carboxylic acids is 1. The molecule has 2 aromatic carbocycles. The number of ether oxygens (including phenoxy) is 1. The van der Waals surface area contributed by atoms with Gasteiger partial charge in [-0.1, -0.05) is 18.9 Å². The molecule has 0 atom stereocenters. The van der Waals surface area contributed by atoms with Gasteiger partial charge >= 0.3 is 0 Å². The standard InChI is InChI=1S/C31H35N3O3S/c35-30-13-11-23-10-12-25(22-28(23)34(30)31(36)24-6-1-2-7-24)37-20-4-3-15-32-16-18-33(19-17-32)27-8-5-9-29-26(27)14-21-38-29/h5,8-14,21-22,24H,1-4,6-7,15-20H2. The fraction of sp³-hybridized carbons (Fsp3) is 0.419. The minimum Gasteiger partial charge on any atom is -0.494 e. The molecule has 1 aliphatic heterocycles. The van der Waals surface area contributed by atoms with Crippen LogP contribution in [0.1, 0.15) is 43.3 Å². The van der Waals surface area contributed by atoms with Crippen molar-refractivity contribution in [2.24, 2.45) is 5.92 Å². The van der Waals surface area contributed by atoms with Crippen LogP contribution >= 0.6 is 11.3 Å². The second kappa shape index (κ2) is 11.3. The summed E-state index contributed by atoms with van der Waals surface area (Å²) < 4.78 is 8.79. The topological polar surface area (TPSA) is 54.8 Å². The van der Waals surface area contributed by atoms with Crippen molar-refractivity contribution in [1.82, 2.24) is 9.47 Å². The van der Waals surface area contributed by atoms with Crippen LogP contribution in [-0.2, 0) is 0 Å². The van der Waals surface area contributed by atoms with Crippen molar-refractivity contribution in [3.8, 4) is 5.75 Å². The Morgan fingerprint density at radius 3 is 2.61 bits per heavy atom. The number of hydrogen-bond acceptors (Lipinski definition) is 6. The summed E-state index contributed by atoms with van der Waals surface area (Å²) in [6, 6.07) is 17.9. The van der Waals surface area contributed by atoms with Crippen LogP contribution < -0.4 is 15.2 Å². The van der Waals surface area contributed by atoms with Crippen molar-refractivity contribution in [3.05, 3.63) is 70.3 Å². The van der Waals surface area contributed by atoms with Gasteiger partial charge in [-0.2, -0.15) is 0 Å². The number of unbranched alkanes of at least 4 members (excludes halogenated alkanes) is 1. The maximum atomic E-state index is 13.1. The third-order valence-corrected chi connectivity index (χ3v) is 9.00. The molecule has 0 radical (unpaired) electrons. The van der Waals surface area contributed by atoms with E-state index in [-0.39, 0.29) is 17.4 Å². The van der Waals surface area contributed by atoms with Crippen LogP contribution in [0, 0.1) is 5.92 Å². The highest BCUT2D eigenvalue weighted by atomic mass is 32.1. The van der Waals surface area contributed by atoms with E-state index in [1.807, 2.05) is 29.5 Å². The quantitative estimate of drug-likeness (QED) is 0.261. The van der Waals surface area contributed by atoms with Crippen molar-refractivity contribution < 1.29 is 9.53 Å². The Morgan fingerprint density at radius 1 is 0.947 bits per heavy atom. The van der Waals surface area contributed by atoms with E-state index < -0.39 is 0 Å². The normalized spacial score (nSPS) is 17.0. The number of carbonyl (C=O) groups is 1. The molecule has 1 saturated heterocycles. The maximum absolute atomic E-state index is 13.1. The fourth-order valence-electron chi connectivity index (χ4n) is 5.98. The van der Waals surface area contributed by atoms with Gasteiger partial charge in [0, 0.05) is 60.0 Å². The number of pyridine rings is 1. The molecule has 1 saturated carbocycles. The summed E-state index contributed by atoms with van der Waals surface area (Å²) in [5.41, 5.74) is 1.77. The molecule has 3 heterocycles. The molecule has 4 aromatic rings. The Bertz CT molecular complexity index is 1480. The molecule has 2 aromatic heterocycles. The van der Waals surface area contributed by atoms with Crippen molar-refractivity contribution in [3.63, 3.8) is 0 Å². The number of fused-ring (bicyclic) bond motifs is 2. The third kappa shape index (κ3) is 5.22. The Morgan fingerprint density at radius 2 is 1.76 bits per heavy atom. The average Bonchev–Trinajstić information content (AvgIpc) is 3.65. The smallest absolute Gasteiger partial charge is 0.257 e. The molecule has 1 aliphatic carbocycles. The molecular weight excluding hydrogens is 494 g/mol. The summed E-state index contributed by atoms with van der Waals surface area (Å²) in [6.07, 6.45) is 5.92.